The number of nitrogens with zero attached hydrogens (tertiary/aromatic N) is 1. The first-order chi connectivity index (χ1) is 15.9. The SMILES string of the molecule is COc1cccc(Cl)c1C(=O)N[C@@H](CCCNC(=N)CF)c1ncc(-c2ccccc2Cl)o1. The lowest BCUT2D eigenvalue weighted by Gasteiger charge is -2.18. The second-order valence-electron chi connectivity index (χ2n) is 7.07. The largest absolute Gasteiger partial charge is 0.496 e. The molecule has 0 saturated heterocycles. The van der Waals surface area contributed by atoms with E-state index in [1.807, 2.05) is 12.1 Å². The molecule has 1 amide bonds. The number of oxazole rings is 1. The Hall–Kier alpha value is -3.10. The molecule has 0 aliphatic heterocycles. The molecule has 3 rings (SSSR count). The smallest absolute Gasteiger partial charge is 0.257 e. The van der Waals surface area contributed by atoms with Gasteiger partial charge in [0, 0.05) is 12.1 Å². The van der Waals surface area contributed by atoms with Gasteiger partial charge in [0.05, 0.1) is 28.9 Å². The molecule has 0 fully saturated rings. The Kier molecular flexibility index (Phi) is 8.68. The number of methoxy groups -OCH3 is 1. The van der Waals surface area contributed by atoms with Gasteiger partial charge in [0.2, 0.25) is 5.89 Å². The summed E-state index contributed by atoms with van der Waals surface area (Å²) in [5, 5.41) is 13.7. The Morgan fingerprint density at radius 3 is 2.70 bits per heavy atom. The van der Waals surface area contributed by atoms with E-state index in [2.05, 4.69) is 15.6 Å². The molecule has 174 valence electrons. The van der Waals surface area contributed by atoms with Crippen molar-refractivity contribution in [3.8, 4) is 17.1 Å². The average Bonchev–Trinajstić information content (AvgIpc) is 3.30. The van der Waals surface area contributed by atoms with Crippen molar-refractivity contribution in [1.29, 1.82) is 5.41 Å². The number of hydrogen-bond donors (Lipinski definition) is 3. The fourth-order valence-corrected chi connectivity index (χ4v) is 3.69. The summed E-state index contributed by atoms with van der Waals surface area (Å²) < 4.78 is 23.7. The van der Waals surface area contributed by atoms with Crippen LogP contribution in [0.5, 0.6) is 5.75 Å². The van der Waals surface area contributed by atoms with Gasteiger partial charge in [-0.05, 0) is 37.1 Å². The Labute approximate surface area is 200 Å². The standard InChI is InChI=1S/C23H23Cl2FN4O3/c1-32-18-10-4-8-16(25)21(18)22(31)30-17(9-5-11-28-20(27)12-26)23-29-13-19(33-23)14-6-2-3-7-15(14)24/h2-4,6-8,10,13,17H,5,9,11-12H2,1H3,(H2,27,28)(H,30,31)/t17-/m0/s1. The second-order valence-corrected chi connectivity index (χ2v) is 7.88. The van der Waals surface area contributed by atoms with Gasteiger partial charge in [0.25, 0.3) is 5.91 Å². The van der Waals surface area contributed by atoms with E-state index in [1.54, 1.807) is 36.5 Å². The minimum atomic E-state index is -0.868. The van der Waals surface area contributed by atoms with Gasteiger partial charge in [-0.25, -0.2) is 9.37 Å². The first-order valence-electron chi connectivity index (χ1n) is 10.2. The van der Waals surface area contributed by atoms with E-state index in [1.165, 1.54) is 7.11 Å². The Morgan fingerprint density at radius 1 is 1.21 bits per heavy atom. The molecule has 3 N–H and O–H groups in total. The van der Waals surface area contributed by atoms with Crippen LogP contribution < -0.4 is 15.4 Å². The van der Waals surface area contributed by atoms with E-state index in [4.69, 9.17) is 37.8 Å². The minimum absolute atomic E-state index is 0.196. The van der Waals surface area contributed by atoms with Crippen molar-refractivity contribution in [3.63, 3.8) is 0 Å². The van der Waals surface area contributed by atoms with Crippen LogP contribution in [0.25, 0.3) is 11.3 Å². The van der Waals surface area contributed by atoms with Crippen LogP contribution in [0.4, 0.5) is 4.39 Å². The predicted molar refractivity (Wildman–Crippen MR) is 126 cm³/mol. The number of alkyl halides is 1. The number of hydrogen-bond acceptors (Lipinski definition) is 5. The molecule has 0 radical (unpaired) electrons. The lowest BCUT2D eigenvalue weighted by atomic mass is 10.1. The van der Waals surface area contributed by atoms with Gasteiger partial charge in [-0.15, -0.1) is 0 Å². The normalized spacial score (nSPS) is 11.6. The fourth-order valence-electron chi connectivity index (χ4n) is 3.21. The van der Waals surface area contributed by atoms with Gasteiger partial charge >= 0.3 is 0 Å². The van der Waals surface area contributed by atoms with Crippen molar-refractivity contribution in [1.82, 2.24) is 15.6 Å². The highest BCUT2D eigenvalue weighted by molar-refractivity contribution is 6.34. The first-order valence-corrected chi connectivity index (χ1v) is 10.9. The molecular weight excluding hydrogens is 470 g/mol. The van der Waals surface area contributed by atoms with Crippen LogP contribution in [0.3, 0.4) is 0 Å². The van der Waals surface area contributed by atoms with Crippen LogP contribution in [0.1, 0.15) is 35.1 Å². The molecule has 0 aliphatic rings. The van der Waals surface area contributed by atoms with Crippen molar-refractivity contribution in [2.45, 2.75) is 18.9 Å². The molecule has 0 bridgehead atoms. The third kappa shape index (κ3) is 6.24. The topological polar surface area (TPSA) is 100 Å². The predicted octanol–water partition coefficient (Wildman–Crippen LogP) is 5.44. The van der Waals surface area contributed by atoms with Gasteiger partial charge < -0.3 is 19.8 Å². The third-order valence-electron chi connectivity index (χ3n) is 4.83. The van der Waals surface area contributed by atoms with Crippen LogP contribution in [0, 0.1) is 5.41 Å². The van der Waals surface area contributed by atoms with E-state index >= 15 is 0 Å². The number of carbonyl (C=O) groups excluding carboxylic acids is 1. The van der Waals surface area contributed by atoms with Crippen molar-refractivity contribution in [2.75, 3.05) is 20.3 Å². The highest BCUT2D eigenvalue weighted by atomic mass is 35.5. The Bertz CT molecular complexity index is 1120. The van der Waals surface area contributed by atoms with Gasteiger partial charge in [0.1, 0.15) is 24.3 Å². The molecule has 2 aromatic carbocycles. The lowest BCUT2D eigenvalue weighted by molar-refractivity contribution is 0.0924. The Morgan fingerprint density at radius 2 is 1.97 bits per heavy atom. The molecule has 1 heterocycles. The van der Waals surface area contributed by atoms with Crippen molar-refractivity contribution in [3.05, 3.63) is 70.2 Å². The van der Waals surface area contributed by atoms with Crippen molar-refractivity contribution >= 4 is 34.9 Å². The van der Waals surface area contributed by atoms with Crippen LogP contribution >= 0.6 is 23.2 Å². The molecule has 3 aromatic rings. The number of halogens is 3. The lowest BCUT2D eigenvalue weighted by Crippen LogP contribution is -2.31. The number of benzene rings is 2. The summed E-state index contributed by atoms with van der Waals surface area (Å²) in [5.74, 6) is 0.422. The van der Waals surface area contributed by atoms with Crippen molar-refractivity contribution in [2.24, 2.45) is 0 Å². The monoisotopic (exact) mass is 492 g/mol. The molecule has 33 heavy (non-hydrogen) atoms. The summed E-state index contributed by atoms with van der Waals surface area (Å²) >= 11 is 12.5. The Balaban J connectivity index is 1.83. The zero-order valence-corrected chi connectivity index (χ0v) is 19.3. The molecule has 0 unspecified atom stereocenters. The van der Waals surface area contributed by atoms with E-state index in [9.17, 15) is 9.18 Å². The number of rotatable bonds is 10. The number of nitrogens with one attached hydrogen (secondary N) is 3. The number of aromatic nitrogens is 1. The highest BCUT2D eigenvalue weighted by Crippen LogP contribution is 2.31. The maximum absolute atomic E-state index is 13.1. The van der Waals surface area contributed by atoms with Gasteiger partial charge in [-0.3, -0.25) is 10.2 Å². The summed E-state index contributed by atoms with van der Waals surface area (Å²) in [6.07, 6.45) is 2.47. The van der Waals surface area contributed by atoms with E-state index < -0.39 is 18.6 Å². The number of ether oxygens (including phenoxy) is 1. The highest BCUT2D eigenvalue weighted by Gasteiger charge is 2.24. The summed E-state index contributed by atoms with van der Waals surface area (Å²) in [4.78, 5) is 17.4. The maximum atomic E-state index is 13.1. The molecule has 1 atom stereocenters. The summed E-state index contributed by atoms with van der Waals surface area (Å²) in [6, 6.07) is 11.5. The molecule has 10 heteroatoms. The summed E-state index contributed by atoms with van der Waals surface area (Å²) in [6.45, 7) is -0.518. The molecular formula is C23H23Cl2FN4O3. The van der Waals surface area contributed by atoms with E-state index in [0.29, 0.717) is 41.5 Å². The van der Waals surface area contributed by atoms with Crippen LogP contribution in [-0.4, -0.2) is 37.1 Å². The zero-order chi connectivity index (χ0) is 23.8. The molecule has 0 spiro atoms. The first kappa shape index (κ1) is 24.5. The van der Waals surface area contributed by atoms with Crippen LogP contribution in [-0.2, 0) is 0 Å². The molecule has 7 nitrogen and oxygen atoms in total. The molecule has 1 aromatic heterocycles. The van der Waals surface area contributed by atoms with Crippen LogP contribution in [0.15, 0.2) is 53.1 Å². The third-order valence-corrected chi connectivity index (χ3v) is 5.47. The molecule has 0 saturated carbocycles. The molecule has 0 aliphatic carbocycles. The number of amides is 1. The summed E-state index contributed by atoms with van der Waals surface area (Å²) in [5.41, 5.74) is 0.871. The summed E-state index contributed by atoms with van der Waals surface area (Å²) in [7, 11) is 1.45. The quantitative estimate of drug-likeness (QED) is 0.198. The number of amidine groups is 1. The fraction of sp³-hybridized carbons (Fsp3) is 0.261. The maximum Gasteiger partial charge on any atom is 0.257 e. The zero-order valence-electron chi connectivity index (χ0n) is 17.8. The van der Waals surface area contributed by atoms with Crippen molar-refractivity contribution < 1.29 is 18.3 Å². The van der Waals surface area contributed by atoms with E-state index in [-0.39, 0.29) is 22.3 Å². The van der Waals surface area contributed by atoms with E-state index in [0.717, 1.165) is 0 Å². The second kappa shape index (κ2) is 11.7. The number of carbonyl (C=O) groups is 1. The van der Waals surface area contributed by atoms with Gasteiger partial charge in [-0.1, -0.05) is 41.4 Å². The average molecular weight is 493 g/mol. The minimum Gasteiger partial charge on any atom is -0.496 e. The van der Waals surface area contributed by atoms with Gasteiger partial charge in [0.15, 0.2) is 5.76 Å². The van der Waals surface area contributed by atoms with Gasteiger partial charge in [-0.2, -0.15) is 0 Å². The van der Waals surface area contributed by atoms with Crippen LogP contribution in [0.2, 0.25) is 10.0 Å².